The van der Waals surface area contributed by atoms with E-state index in [1.54, 1.807) is 16.8 Å². The fraction of sp³-hybridized carbons (Fsp3) is 0.211. The normalized spacial score (nSPS) is 12.0. The highest BCUT2D eigenvalue weighted by molar-refractivity contribution is 8.02. The molecule has 1 unspecified atom stereocenters. The van der Waals surface area contributed by atoms with E-state index in [2.05, 4.69) is 10.4 Å². The van der Waals surface area contributed by atoms with Crippen molar-refractivity contribution in [1.82, 2.24) is 9.78 Å². The molecule has 1 heterocycles. The quantitative estimate of drug-likeness (QED) is 0.391. The molecule has 0 spiro atoms. The molecule has 27 heavy (non-hydrogen) atoms. The van der Waals surface area contributed by atoms with E-state index in [0.29, 0.717) is 8.98 Å². The van der Waals surface area contributed by atoms with Crippen molar-refractivity contribution in [1.29, 1.82) is 0 Å². The van der Waals surface area contributed by atoms with Gasteiger partial charge in [-0.2, -0.15) is 0 Å². The van der Waals surface area contributed by atoms with Gasteiger partial charge in [0.1, 0.15) is 0 Å². The first-order valence-corrected chi connectivity index (χ1v) is 10.7. The number of thioether (sulfide) groups is 1. The van der Waals surface area contributed by atoms with Crippen LogP contribution in [0.4, 0.5) is 5.69 Å². The number of aryl methyl sites for hydroxylation is 2. The van der Waals surface area contributed by atoms with Gasteiger partial charge in [-0.3, -0.25) is 4.79 Å². The molecule has 1 N–H and O–H groups in total. The van der Waals surface area contributed by atoms with Crippen LogP contribution in [0.5, 0.6) is 0 Å². The van der Waals surface area contributed by atoms with E-state index in [4.69, 9.17) is 23.8 Å². The number of carbonyl (C=O) groups is 1. The number of hydrogen-bond acceptors (Lipinski definition) is 5. The van der Waals surface area contributed by atoms with Crippen molar-refractivity contribution < 1.29 is 4.79 Å². The number of rotatable bonds is 5. The second-order valence-corrected chi connectivity index (χ2v) is 9.69. The minimum absolute atomic E-state index is 0.0587. The Morgan fingerprint density at radius 2 is 1.85 bits per heavy atom. The van der Waals surface area contributed by atoms with E-state index in [9.17, 15) is 4.79 Å². The Morgan fingerprint density at radius 1 is 1.22 bits per heavy atom. The third kappa shape index (κ3) is 4.79. The van der Waals surface area contributed by atoms with Gasteiger partial charge in [-0.25, -0.2) is 4.68 Å². The highest BCUT2D eigenvalue weighted by Crippen LogP contribution is 2.29. The first kappa shape index (κ1) is 20.1. The van der Waals surface area contributed by atoms with Gasteiger partial charge < -0.3 is 5.32 Å². The van der Waals surface area contributed by atoms with Crippen LogP contribution in [-0.4, -0.2) is 20.9 Å². The van der Waals surface area contributed by atoms with Gasteiger partial charge >= 0.3 is 0 Å². The molecule has 2 aromatic carbocycles. The Labute approximate surface area is 176 Å². The van der Waals surface area contributed by atoms with Crippen LogP contribution in [0.3, 0.4) is 0 Å². The van der Waals surface area contributed by atoms with Gasteiger partial charge in [0.2, 0.25) is 5.91 Å². The maximum Gasteiger partial charge on any atom is 0.237 e. The van der Waals surface area contributed by atoms with Gasteiger partial charge in [0.15, 0.2) is 8.29 Å². The van der Waals surface area contributed by atoms with Gasteiger partial charge in [-0.15, -0.1) is 5.10 Å². The zero-order valence-corrected chi connectivity index (χ0v) is 18.2. The van der Waals surface area contributed by atoms with Gasteiger partial charge in [-0.05, 0) is 68.4 Å². The maximum absolute atomic E-state index is 12.6. The molecule has 0 bridgehead atoms. The van der Waals surface area contributed by atoms with Crippen LogP contribution in [0, 0.1) is 17.8 Å². The first-order chi connectivity index (χ1) is 12.8. The van der Waals surface area contributed by atoms with Crippen molar-refractivity contribution in [3.05, 3.63) is 62.6 Å². The standard InChI is InChI=1S/C19H18ClN3OS3/c1-11-5-4-6-12(2)16(11)21-17(24)13(3)26-18-22-23(19(25)27-18)15-9-7-14(20)8-10-15/h4-10,13H,1-3H3,(H,21,24). The fourth-order valence-electron chi connectivity index (χ4n) is 2.50. The second-order valence-electron chi connectivity index (χ2n) is 6.04. The molecule has 4 nitrogen and oxygen atoms in total. The summed E-state index contributed by atoms with van der Waals surface area (Å²) >= 11 is 14.1. The molecule has 8 heteroatoms. The first-order valence-electron chi connectivity index (χ1n) is 8.25. The summed E-state index contributed by atoms with van der Waals surface area (Å²) in [7, 11) is 0. The summed E-state index contributed by atoms with van der Waals surface area (Å²) in [5.74, 6) is -0.0587. The number of amides is 1. The maximum atomic E-state index is 12.6. The summed E-state index contributed by atoms with van der Waals surface area (Å²) in [6, 6.07) is 13.3. The lowest BCUT2D eigenvalue weighted by atomic mass is 10.1. The molecule has 140 valence electrons. The average molecular weight is 436 g/mol. The third-order valence-corrected chi connectivity index (χ3v) is 6.64. The Kier molecular flexibility index (Phi) is 6.37. The van der Waals surface area contributed by atoms with E-state index in [1.807, 2.05) is 51.1 Å². The van der Waals surface area contributed by atoms with Crippen molar-refractivity contribution in [3.63, 3.8) is 0 Å². The summed E-state index contributed by atoms with van der Waals surface area (Å²) in [5, 5.41) is 7.93. The highest BCUT2D eigenvalue weighted by atomic mass is 35.5. The lowest BCUT2D eigenvalue weighted by molar-refractivity contribution is -0.115. The van der Waals surface area contributed by atoms with Gasteiger partial charge in [0.05, 0.1) is 10.9 Å². The average Bonchev–Trinajstić information content (AvgIpc) is 2.99. The molecule has 3 rings (SSSR count). The van der Waals surface area contributed by atoms with Crippen LogP contribution in [0.1, 0.15) is 18.1 Å². The molecule has 0 saturated heterocycles. The smallest absolute Gasteiger partial charge is 0.237 e. The van der Waals surface area contributed by atoms with Gasteiger partial charge in [0, 0.05) is 10.7 Å². The molecule has 0 radical (unpaired) electrons. The Balaban J connectivity index is 1.73. The summed E-state index contributed by atoms with van der Waals surface area (Å²) in [6.45, 7) is 5.84. The SMILES string of the molecule is Cc1cccc(C)c1NC(=O)C(C)Sc1nn(-c2ccc(Cl)cc2)c(=S)s1. The van der Waals surface area contributed by atoms with Crippen LogP contribution in [0.2, 0.25) is 5.02 Å². The molecular formula is C19H18ClN3OS3. The number of anilines is 1. The van der Waals surface area contributed by atoms with Crippen LogP contribution >= 0.6 is 46.9 Å². The van der Waals surface area contributed by atoms with Crippen LogP contribution in [0.15, 0.2) is 46.8 Å². The number of para-hydroxylation sites is 1. The van der Waals surface area contributed by atoms with E-state index in [0.717, 1.165) is 26.8 Å². The number of nitrogens with zero attached hydrogens (tertiary/aromatic N) is 2. The minimum Gasteiger partial charge on any atom is -0.325 e. The molecule has 1 amide bonds. The van der Waals surface area contributed by atoms with Gasteiger partial charge in [-0.1, -0.05) is 52.9 Å². The fourth-order valence-corrected chi connectivity index (χ4v) is 5.13. The van der Waals surface area contributed by atoms with E-state index >= 15 is 0 Å². The zero-order chi connectivity index (χ0) is 19.6. The van der Waals surface area contributed by atoms with E-state index in [1.165, 1.54) is 23.1 Å². The number of aromatic nitrogens is 2. The molecule has 0 saturated carbocycles. The Hall–Kier alpha value is -1.67. The lowest BCUT2D eigenvalue weighted by Crippen LogP contribution is -2.23. The van der Waals surface area contributed by atoms with Crippen molar-refractivity contribution >= 4 is 58.5 Å². The summed E-state index contributed by atoms with van der Waals surface area (Å²) in [6.07, 6.45) is 0. The Morgan fingerprint density at radius 3 is 2.48 bits per heavy atom. The number of halogens is 1. The molecular weight excluding hydrogens is 418 g/mol. The summed E-state index contributed by atoms with van der Waals surface area (Å²) in [4.78, 5) is 12.6. The van der Waals surface area contributed by atoms with E-state index in [-0.39, 0.29) is 11.2 Å². The monoisotopic (exact) mass is 435 g/mol. The molecule has 0 aliphatic rings. The molecule has 3 aromatic rings. The van der Waals surface area contributed by atoms with Crippen molar-refractivity contribution in [2.75, 3.05) is 5.32 Å². The van der Waals surface area contributed by atoms with Gasteiger partial charge in [0.25, 0.3) is 0 Å². The number of carbonyl (C=O) groups excluding carboxylic acids is 1. The largest absolute Gasteiger partial charge is 0.325 e. The number of benzene rings is 2. The second kappa shape index (κ2) is 8.56. The number of nitrogens with one attached hydrogen (secondary N) is 1. The van der Waals surface area contributed by atoms with Crippen LogP contribution in [0.25, 0.3) is 5.69 Å². The summed E-state index contributed by atoms with van der Waals surface area (Å²) in [5.41, 5.74) is 3.81. The van der Waals surface area contributed by atoms with Crippen molar-refractivity contribution in [3.8, 4) is 5.69 Å². The molecule has 0 aliphatic carbocycles. The topological polar surface area (TPSA) is 46.9 Å². The van der Waals surface area contributed by atoms with Crippen LogP contribution in [-0.2, 0) is 4.79 Å². The molecule has 1 aromatic heterocycles. The van der Waals surface area contributed by atoms with Crippen molar-refractivity contribution in [2.45, 2.75) is 30.4 Å². The zero-order valence-electron chi connectivity index (χ0n) is 15.0. The minimum atomic E-state index is -0.303. The van der Waals surface area contributed by atoms with Crippen molar-refractivity contribution in [2.24, 2.45) is 0 Å². The molecule has 1 atom stereocenters. The number of hydrogen-bond donors (Lipinski definition) is 1. The molecule has 0 fully saturated rings. The third-order valence-electron chi connectivity index (χ3n) is 3.98. The highest BCUT2D eigenvalue weighted by Gasteiger charge is 2.19. The lowest BCUT2D eigenvalue weighted by Gasteiger charge is -2.14. The van der Waals surface area contributed by atoms with E-state index < -0.39 is 0 Å². The van der Waals surface area contributed by atoms with Crippen LogP contribution < -0.4 is 5.32 Å². The Bertz CT molecular complexity index is 1010. The summed E-state index contributed by atoms with van der Waals surface area (Å²) < 4.78 is 3.07. The predicted molar refractivity (Wildman–Crippen MR) is 117 cm³/mol. The predicted octanol–water partition coefficient (Wildman–Crippen LogP) is 6.05. The molecule has 0 aliphatic heterocycles.